The van der Waals surface area contributed by atoms with Crippen LogP contribution in [0.25, 0.3) is 16.8 Å². The van der Waals surface area contributed by atoms with Crippen molar-refractivity contribution in [1.29, 1.82) is 5.41 Å². The fourth-order valence-electron chi connectivity index (χ4n) is 3.99. The molecule has 3 heterocycles. The molecule has 1 spiro atoms. The summed E-state index contributed by atoms with van der Waals surface area (Å²) in [5.41, 5.74) is 8.41. The van der Waals surface area contributed by atoms with E-state index >= 15 is 0 Å². The SMILES string of the molecule is N=CC(=CN)c1ccc(-c2ccc(N3CC4(CCNCC4)C3)nn2)c(O)c1. The number of allylic oxidation sites excluding steroid dienone is 1. The molecule has 0 aliphatic carbocycles. The molecule has 2 aliphatic rings. The second kappa shape index (κ2) is 7.00. The highest BCUT2D eigenvalue weighted by atomic mass is 16.3. The summed E-state index contributed by atoms with van der Waals surface area (Å²) in [6, 6.07) is 9.03. The van der Waals surface area contributed by atoms with Crippen molar-refractivity contribution in [2.75, 3.05) is 31.1 Å². The normalized spacial score (nSPS) is 19.0. The van der Waals surface area contributed by atoms with Gasteiger partial charge in [-0.2, -0.15) is 0 Å². The monoisotopic (exact) mass is 364 g/mol. The quantitative estimate of drug-likeness (QED) is 0.618. The molecular weight excluding hydrogens is 340 g/mol. The van der Waals surface area contributed by atoms with E-state index in [1.54, 1.807) is 12.1 Å². The fourth-order valence-corrected chi connectivity index (χ4v) is 3.99. The molecule has 4 rings (SSSR count). The largest absolute Gasteiger partial charge is 0.507 e. The zero-order valence-corrected chi connectivity index (χ0v) is 15.2. The van der Waals surface area contributed by atoms with Crippen LogP contribution in [0.5, 0.6) is 5.75 Å². The third kappa shape index (κ3) is 3.26. The van der Waals surface area contributed by atoms with Crippen molar-refractivity contribution in [3.8, 4) is 17.0 Å². The summed E-state index contributed by atoms with van der Waals surface area (Å²) in [6.45, 7) is 4.29. The number of nitrogens with zero attached hydrogens (tertiary/aromatic N) is 3. The van der Waals surface area contributed by atoms with Crippen molar-refractivity contribution in [2.45, 2.75) is 12.8 Å². The lowest BCUT2D eigenvalue weighted by atomic mass is 9.72. The van der Waals surface area contributed by atoms with Gasteiger partial charge in [-0.25, -0.2) is 0 Å². The summed E-state index contributed by atoms with van der Waals surface area (Å²) in [7, 11) is 0. The first-order valence-corrected chi connectivity index (χ1v) is 9.20. The average molecular weight is 364 g/mol. The molecule has 7 heteroatoms. The number of phenolic OH excluding ortho intramolecular Hbond substituents is 1. The molecule has 2 saturated heterocycles. The first-order valence-electron chi connectivity index (χ1n) is 9.20. The van der Waals surface area contributed by atoms with E-state index < -0.39 is 0 Å². The molecule has 0 bridgehead atoms. The van der Waals surface area contributed by atoms with Crippen LogP contribution in [0.4, 0.5) is 5.82 Å². The number of piperidine rings is 1. The molecule has 7 nitrogen and oxygen atoms in total. The van der Waals surface area contributed by atoms with Gasteiger partial charge in [-0.05, 0) is 55.8 Å². The number of hydrogen-bond donors (Lipinski definition) is 4. The Kier molecular flexibility index (Phi) is 4.53. The lowest BCUT2D eigenvalue weighted by molar-refractivity contribution is 0.149. The molecule has 0 amide bonds. The molecule has 1 aromatic carbocycles. The molecule has 27 heavy (non-hydrogen) atoms. The van der Waals surface area contributed by atoms with Gasteiger partial charge < -0.3 is 26.5 Å². The van der Waals surface area contributed by atoms with Gasteiger partial charge in [0.1, 0.15) is 5.75 Å². The van der Waals surface area contributed by atoms with Gasteiger partial charge >= 0.3 is 0 Å². The minimum Gasteiger partial charge on any atom is -0.507 e. The summed E-state index contributed by atoms with van der Waals surface area (Å²) in [6.07, 6.45) is 4.96. The highest BCUT2D eigenvalue weighted by Gasteiger charge is 2.43. The summed E-state index contributed by atoms with van der Waals surface area (Å²) >= 11 is 0. The van der Waals surface area contributed by atoms with Crippen LogP contribution in [0, 0.1) is 10.8 Å². The van der Waals surface area contributed by atoms with E-state index in [1.807, 2.05) is 18.2 Å². The van der Waals surface area contributed by atoms with E-state index in [4.69, 9.17) is 11.1 Å². The number of nitrogens with one attached hydrogen (secondary N) is 2. The number of phenols is 1. The first kappa shape index (κ1) is 17.5. The Morgan fingerprint density at radius 3 is 2.56 bits per heavy atom. The summed E-state index contributed by atoms with van der Waals surface area (Å²) in [5.74, 6) is 0.976. The minimum absolute atomic E-state index is 0.0911. The van der Waals surface area contributed by atoms with Gasteiger partial charge in [-0.3, -0.25) is 0 Å². The number of rotatable bonds is 4. The van der Waals surface area contributed by atoms with Gasteiger partial charge in [0, 0.05) is 42.1 Å². The van der Waals surface area contributed by atoms with Crippen LogP contribution in [0.1, 0.15) is 18.4 Å². The third-order valence-electron chi connectivity index (χ3n) is 5.63. The predicted octanol–water partition coefficient (Wildman–Crippen LogP) is 1.99. The Bertz CT molecular complexity index is 863. The highest BCUT2D eigenvalue weighted by molar-refractivity contribution is 6.08. The fraction of sp³-hybridized carbons (Fsp3) is 0.350. The van der Waals surface area contributed by atoms with E-state index in [-0.39, 0.29) is 5.75 Å². The van der Waals surface area contributed by atoms with Crippen LogP contribution in [0.3, 0.4) is 0 Å². The van der Waals surface area contributed by atoms with Crippen molar-refractivity contribution in [3.63, 3.8) is 0 Å². The van der Waals surface area contributed by atoms with E-state index in [2.05, 4.69) is 20.4 Å². The first-order chi connectivity index (χ1) is 13.1. The van der Waals surface area contributed by atoms with Gasteiger partial charge in [-0.15, -0.1) is 10.2 Å². The standard InChI is InChI=1S/C20H24N6O/c21-10-15(11-22)14-1-2-16(18(27)9-14)17-3-4-19(25-24-17)26-12-20(13-26)5-7-23-8-6-20/h1-4,9-11,21,23,27H,5-8,12-13,22H2. The van der Waals surface area contributed by atoms with Crippen molar-refractivity contribution in [2.24, 2.45) is 11.1 Å². The summed E-state index contributed by atoms with van der Waals surface area (Å²) < 4.78 is 0. The Labute approximate surface area is 158 Å². The van der Waals surface area contributed by atoms with Crippen molar-refractivity contribution in [1.82, 2.24) is 15.5 Å². The van der Waals surface area contributed by atoms with E-state index in [0.717, 1.165) is 38.2 Å². The highest BCUT2D eigenvalue weighted by Crippen LogP contribution is 2.40. The zero-order valence-electron chi connectivity index (χ0n) is 15.2. The van der Waals surface area contributed by atoms with Crippen LogP contribution >= 0.6 is 0 Å². The molecule has 0 radical (unpaired) electrons. The maximum atomic E-state index is 10.4. The molecule has 1 aromatic heterocycles. The van der Waals surface area contributed by atoms with E-state index in [9.17, 15) is 5.11 Å². The topological polar surface area (TPSA) is 111 Å². The Balaban J connectivity index is 1.49. The van der Waals surface area contributed by atoms with Crippen LogP contribution in [0.15, 0.2) is 36.5 Å². The second-order valence-electron chi connectivity index (χ2n) is 7.38. The molecular formula is C20H24N6O. The van der Waals surface area contributed by atoms with Crippen molar-refractivity contribution >= 4 is 17.6 Å². The number of hydrogen-bond acceptors (Lipinski definition) is 7. The smallest absolute Gasteiger partial charge is 0.151 e. The van der Waals surface area contributed by atoms with Gasteiger partial charge in [0.15, 0.2) is 5.82 Å². The van der Waals surface area contributed by atoms with Gasteiger partial charge in [0.25, 0.3) is 0 Å². The van der Waals surface area contributed by atoms with Crippen LogP contribution in [-0.2, 0) is 0 Å². The maximum Gasteiger partial charge on any atom is 0.151 e. The maximum absolute atomic E-state index is 10.4. The Morgan fingerprint density at radius 1 is 1.19 bits per heavy atom. The molecule has 2 aliphatic heterocycles. The summed E-state index contributed by atoms with van der Waals surface area (Å²) in [4.78, 5) is 2.27. The molecule has 2 fully saturated rings. The lowest BCUT2D eigenvalue weighted by Crippen LogP contribution is -2.60. The number of benzene rings is 1. The van der Waals surface area contributed by atoms with Crippen LogP contribution in [-0.4, -0.2) is 47.7 Å². The van der Waals surface area contributed by atoms with E-state index in [1.165, 1.54) is 19.0 Å². The molecule has 0 saturated carbocycles. The van der Waals surface area contributed by atoms with Gasteiger partial charge in [0.05, 0.1) is 5.69 Å². The van der Waals surface area contributed by atoms with Crippen LogP contribution in [0.2, 0.25) is 0 Å². The third-order valence-corrected chi connectivity index (χ3v) is 5.63. The molecule has 2 aromatic rings. The van der Waals surface area contributed by atoms with Gasteiger partial charge in [-0.1, -0.05) is 6.07 Å². The number of aromatic nitrogens is 2. The zero-order chi connectivity index (χ0) is 18.9. The molecule has 0 atom stereocenters. The minimum atomic E-state index is 0.0911. The number of aromatic hydroxyl groups is 1. The second-order valence-corrected chi connectivity index (χ2v) is 7.38. The summed E-state index contributed by atoms with van der Waals surface area (Å²) in [5, 5.41) is 29.8. The molecule has 0 unspecified atom stereocenters. The van der Waals surface area contributed by atoms with Crippen LogP contribution < -0.4 is 16.0 Å². The predicted molar refractivity (Wildman–Crippen MR) is 107 cm³/mol. The number of anilines is 1. The molecule has 5 N–H and O–H groups in total. The number of nitrogens with two attached hydrogens (primary N) is 1. The van der Waals surface area contributed by atoms with E-state index in [0.29, 0.717) is 27.8 Å². The lowest BCUT2D eigenvalue weighted by Gasteiger charge is -2.52. The molecule has 140 valence electrons. The van der Waals surface area contributed by atoms with Gasteiger partial charge in [0.2, 0.25) is 0 Å². The van der Waals surface area contributed by atoms with Crippen molar-refractivity contribution in [3.05, 3.63) is 42.1 Å². The van der Waals surface area contributed by atoms with Crippen molar-refractivity contribution < 1.29 is 5.11 Å². The Hall–Kier alpha value is -2.93. The average Bonchev–Trinajstić information content (AvgIpc) is 2.68. The Morgan fingerprint density at radius 2 is 1.96 bits per heavy atom.